The quantitative estimate of drug-likeness (QED) is 0.488. The molecule has 0 bridgehead atoms. The zero-order valence-corrected chi connectivity index (χ0v) is 17.8. The van der Waals surface area contributed by atoms with Crippen molar-refractivity contribution in [3.05, 3.63) is 54.0 Å². The Hall–Kier alpha value is -2.64. The van der Waals surface area contributed by atoms with Gasteiger partial charge in [0.15, 0.2) is 0 Å². The molecule has 1 N–H and O–H groups in total. The fraction of sp³-hybridized carbons (Fsp3) is 0.348. The van der Waals surface area contributed by atoms with Crippen molar-refractivity contribution < 1.29 is 9.13 Å². The number of anilines is 1. The molecule has 1 saturated heterocycles. The van der Waals surface area contributed by atoms with Crippen LogP contribution in [0.2, 0.25) is 0 Å². The minimum Gasteiger partial charge on any atom is -0.497 e. The minimum absolute atomic E-state index is 0.174. The second kappa shape index (κ2) is 8.24. The van der Waals surface area contributed by atoms with Gasteiger partial charge < -0.3 is 14.6 Å². The van der Waals surface area contributed by atoms with Crippen LogP contribution in [0.1, 0.15) is 12.0 Å². The maximum atomic E-state index is 13.6. The number of fused-ring (bicyclic) bond motifs is 2. The van der Waals surface area contributed by atoms with Crippen LogP contribution in [0.4, 0.5) is 10.2 Å². The Morgan fingerprint density at radius 3 is 2.80 bits per heavy atom. The molecule has 3 heterocycles. The van der Waals surface area contributed by atoms with E-state index in [0.717, 1.165) is 68.0 Å². The second-order valence-corrected chi connectivity index (χ2v) is 8.61. The van der Waals surface area contributed by atoms with Crippen molar-refractivity contribution in [2.75, 3.05) is 44.7 Å². The average molecular weight is 425 g/mol. The standard InChI is InChI=1S/C23H25FN4OS/c1-29-18-5-6-19-22(14-18)30-26-23(19)28-11-9-27(10-12-28)8-2-3-16-15-25-21-7-4-17(24)13-20(16)21/h4-7,13-15,25H,2-3,8-12H2,1H3. The Morgan fingerprint density at radius 1 is 1.10 bits per heavy atom. The van der Waals surface area contributed by atoms with Gasteiger partial charge in [-0.15, -0.1) is 0 Å². The van der Waals surface area contributed by atoms with Crippen LogP contribution >= 0.6 is 11.5 Å². The maximum absolute atomic E-state index is 13.6. The first kappa shape index (κ1) is 19.3. The Kier molecular flexibility index (Phi) is 5.31. The number of ether oxygens (including phenoxy) is 1. The normalized spacial score (nSPS) is 15.3. The van der Waals surface area contributed by atoms with Gasteiger partial charge in [-0.05, 0) is 72.9 Å². The molecule has 5 rings (SSSR count). The summed E-state index contributed by atoms with van der Waals surface area (Å²) >= 11 is 1.54. The molecule has 0 radical (unpaired) electrons. The molecule has 1 aliphatic rings. The van der Waals surface area contributed by atoms with Crippen molar-refractivity contribution >= 4 is 38.3 Å². The van der Waals surface area contributed by atoms with Gasteiger partial charge in [-0.25, -0.2) is 4.39 Å². The predicted octanol–water partition coefficient (Wildman–Crippen LogP) is 4.68. The van der Waals surface area contributed by atoms with Gasteiger partial charge in [0.25, 0.3) is 0 Å². The average Bonchev–Trinajstić information content (AvgIpc) is 3.38. The zero-order valence-electron chi connectivity index (χ0n) is 17.0. The lowest BCUT2D eigenvalue weighted by molar-refractivity contribution is 0.255. The van der Waals surface area contributed by atoms with Gasteiger partial charge in [-0.2, -0.15) is 4.37 Å². The lowest BCUT2D eigenvalue weighted by Crippen LogP contribution is -2.46. The lowest BCUT2D eigenvalue weighted by atomic mass is 10.1. The maximum Gasteiger partial charge on any atom is 0.150 e. The van der Waals surface area contributed by atoms with Crippen LogP contribution in [-0.2, 0) is 6.42 Å². The fourth-order valence-electron chi connectivity index (χ4n) is 4.29. The fourth-order valence-corrected chi connectivity index (χ4v) is 5.12. The van der Waals surface area contributed by atoms with Crippen molar-refractivity contribution in [2.45, 2.75) is 12.8 Å². The summed E-state index contributed by atoms with van der Waals surface area (Å²) in [6, 6.07) is 11.1. The number of halogens is 1. The molecule has 7 heteroatoms. The Balaban J connectivity index is 1.16. The van der Waals surface area contributed by atoms with Crippen molar-refractivity contribution in [1.82, 2.24) is 14.3 Å². The summed E-state index contributed by atoms with van der Waals surface area (Å²) in [4.78, 5) is 8.16. The van der Waals surface area contributed by atoms with Crippen molar-refractivity contribution in [1.29, 1.82) is 0 Å². The third-order valence-corrected chi connectivity index (χ3v) is 6.78. The van der Waals surface area contributed by atoms with E-state index in [9.17, 15) is 4.39 Å². The summed E-state index contributed by atoms with van der Waals surface area (Å²) in [5.41, 5.74) is 2.21. The first-order valence-corrected chi connectivity index (χ1v) is 11.1. The zero-order chi connectivity index (χ0) is 20.5. The van der Waals surface area contributed by atoms with Gasteiger partial charge in [0.2, 0.25) is 0 Å². The van der Waals surface area contributed by atoms with Crippen molar-refractivity contribution in [3.63, 3.8) is 0 Å². The van der Waals surface area contributed by atoms with Crippen LogP contribution in [0.25, 0.3) is 21.0 Å². The minimum atomic E-state index is -0.174. The summed E-state index contributed by atoms with van der Waals surface area (Å²) in [6.07, 6.45) is 4.05. The number of nitrogens with zero attached hydrogens (tertiary/aromatic N) is 3. The smallest absolute Gasteiger partial charge is 0.150 e. The highest BCUT2D eigenvalue weighted by Gasteiger charge is 2.20. The molecule has 0 spiro atoms. The van der Waals surface area contributed by atoms with Gasteiger partial charge in [0.1, 0.15) is 17.4 Å². The van der Waals surface area contributed by atoms with Crippen LogP contribution < -0.4 is 9.64 Å². The van der Waals surface area contributed by atoms with Crippen LogP contribution in [-0.4, -0.2) is 54.1 Å². The molecule has 156 valence electrons. The molecular formula is C23H25FN4OS. The summed E-state index contributed by atoms with van der Waals surface area (Å²) < 4.78 is 24.8. The van der Waals surface area contributed by atoms with E-state index in [4.69, 9.17) is 9.11 Å². The van der Waals surface area contributed by atoms with E-state index in [-0.39, 0.29) is 5.82 Å². The molecule has 2 aromatic carbocycles. The Labute approximate surface area is 179 Å². The topological polar surface area (TPSA) is 44.4 Å². The predicted molar refractivity (Wildman–Crippen MR) is 121 cm³/mol. The number of aromatic amines is 1. The summed E-state index contributed by atoms with van der Waals surface area (Å²) in [5.74, 6) is 1.80. The number of aryl methyl sites for hydroxylation is 1. The molecule has 0 saturated carbocycles. The Bertz CT molecular complexity index is 1160. The second-order valence-electron chi connectivity index (χ2n) is 7.80. The van der Waals surface area contributed by atoms with Crippen LogP contribution in [0.15, 0.2) is 42.6 Å². The number of methoxy groups -OCH3 is 1. The third kappa shape index (κ3) is 3.75. The van der Waals surface area contributed by atoms with Crippen LogP contribution in [0.5, 0.6) is 5.75 Å². The summed E-state index contributed by atoms with van der Waals surface area (Å²) in [6.45, 7) is 5.12. The first-order chi connectivity index (χ1) is 14.7. The van der Waals surface area contributed by atoms with Gasteiger partial charge in [-0.3, -0.25) is 4.90 Å². The van der Waals surface area contributed by atoms with E-state index < -0.39 is 0 Å². The first-order valence-electron chi connectivity index (χ1n) is 10.4. The number of hydrogen-bond acceptors (Lipinski definition) is 5. The highest BCUT2D eigenvalue weighted by atomic mass is 32.1. The van der Waals surface area contributed by atoms with Crippen molar-refractivity contribution in [2.24, 2.45) is 0 Å². The third-order valence-electron chi connectivity index (χ3n) is 5.98. The molecule has 0 unspecified atom stereocenters. The molecule has 0 amide bonds. The van der Waals surface area contributed by atoms with Crippen molar-refractivity contribution in [3.8, 4) is 5.75 Å². The SMILES string of the molecule is COc1ccc2c(N3CCN(CCCc4c[nH]c5ccc(F)cc45)CC3)nsc2c1. The summed E-state index contributed by atoms with van der Waals surface area (Å²) in [7, 11) is 1.69. The van der Waals surface area contributed by atoms with Gasteiger partial charge >= 0.3 is 0 Å². The molecule has 0 aliphatic carbocycles. The number of aromatic nitrogens is 2. The highest BCUT2D eigenvalue weighted by Crippen LogP contribution is 2.32. The van der Waals surface area contributed by atoms with E-state index in [1.54, 1.807) is 13.2 Å². The van der Waals surface area contributed by atoms with E-state index >= 15 is 0 Å². The summed E-state index contributed by atoms with van der Waals surface area (Å²) in [5, 5.41) is 2.22. The van der Waals surface area contributed by atoms with Crippen LogP contribution in [0, 0.1) is 5.82 Å². The number of benzene rings is 2. The number of rotatable bonds is 6. The Morgan fingerprint density at radius 2 is 1.97 bits per heavy atom. The largest absolute Gasteiger partial charge is 0.497 e. The van der Waals surface area contributed by atoms with Crippen LogP contribution in [0.3, 0.4) is 0 Å². The van der Waals surface area contributed by atoms with Gasteiger partial charge in [-0.1, -0.05) is 0 Å². The number of nitrogens with one attached hydrogen (secondary N) is 1. The highest BCUT2D eigenvalue weighted by molar-refractivity contribution is 7.13. The molecule has 1 fully saturated rings. The number of hydrogen-bond donors (Lipinski definition) is 1. The number of piperazine rings is 1. The molecule has 4 aromatic rings. The molecule has 1 aliphatic heterocycles. The van der Waals surface area contributed by atoms with E-state index in [1.807, 2.05) is 18.3 Å². The lowest BCUT2D eigenvalue weighted by Gasteiger charge is -2.35. The van der Waals surface area contributed by atoms with E-state index in [2.05, 4.69) is 26.9 Å². The monoisotopic (exact) mass is 424 g/mol. The van der Waals surface area contributed by atoms with Gasteiger partial charge in [0, 0.05) is 48.7 Å². The molecule has 2 aromatic heterocycles. The number of H-pyrrole nitrogens is 1. The molecular weight excluding hydrogens is 399 g/mol. The van der Waals surface area contributed by atoms with E-state index in [0.29, 0.717) is 0 Å². The van der Waals surface area contributed by atoms with E-state index in [1.165, 1.54) is 33.2 Å². The molecule has 5 nitrogen and oxygen atoms in total. The van der Waals surface area contributed by atoms with Gasteiger partial charge in [0.05, 0.1) is 11.8 Å². The molecule has 0 atom stereocenters. The molecule has 30 heavy (non-hydrogen) atoms.